The van der Waals surface area contributed by atoms with Crippen molar-refractivity contribution in [2.75, 3.05) is 0 Å². The van der Waals surface area contributed by atoms with Crippen LogP contribution in [0.1, 0.15) is 5.89 Å². The quantitative estimate of drug-likeness (QED) is 0.573. The molecule has 4 rings (SSSR count). The van der Waals surface area contributed by atoms with Gasteiger partial charge in [0.2, 0.25) is 5.89 Å². The first-order valence-corrected chi connectivity index (χ1v) is 7.16. The molecule has 1 aromatic carbocycles. The molecule has 0 amide bonds. The Morgan fingerprint density at radius 1 is 1.10 bits per heavy atom. The molecule has 0 fully saturated rings. The zero-order chi connectivity index (χ0) is 13.4. The lowest BCUT2D eigenvalue weighted by atomic mass is 10.3. The van der Waals surface area contributed by atoms with E-state index < -0.39 is 0 Å². The van der Waals surface area contributed by atoms with Crippen molar-refractivity contribution < 1.29 is 4.42 Å². The Morgan fingerprint density at radius 2 is 2.05 bits per heavy atom. The Labute approximate surface area is 119 Å². The molecule has 3 aromatic heterocycles. The molecule has 4 aromatic rings. The lowest BCUT2D eigenvalue weighted by Crippen LogP contribution is -1.97. The summed E-state index contributed by atoms with van der Waals surface area (Å²) in [6.07, 6.45) is 3.60. The summed E-state index contributed by atoms with van der Waals surface area (Å²) in [6, 6.07) is 12.1. The average molecular weight is 281 g/mol. The minimum Gasteiger partial charge on any atom is -0.438 e. The van der Waals surface area contributed by atoms with Crippen LogP contribution in [0.2, 0.25) is 0 Å². The van der Waals surface area contributed by atoms with E-state index in [-0.39, 0.29) is 0 Å². The average Bonchev–Trinajstić information content (AvgIpc) is 3.19. The highest BCUT2D eigenvalue weighted by molar-refractivity contribution is 7.13. The number of benzene rings is 1. The Morgan fingerprint density at radius 3 is 2.95 bits per heavy atom. The van der Waals surface area contributed by atoms with Gasteiger partial charge in [-0.05, 0) is 23.6 Å². The predicted molar refractivity (Wildman–Crippen MR) is 78.7 cm³/mol. The molecule has 0 saturated carbocycles. The largest absolute Gasteiger partial charge is 0.438 e. The molecule has 5 heteroatoms. The third-order valence-corrected chi connectivity index (χ3v) is 4.03. The maximum absolute atomic E-state index is 5.80. The second-order valence-electron chi connectivity index (χ2n) is 4.46. The van der Waals surface area contributed by atoms with Crippen LogP contribution in [0.25, 0.3) is 21.7 Å². The predicted octanol–water partition coefficient (Wildman–Crippen LogP) is 3.80. The molecule has 0 aliphatic carbocycles. The molecular weight excluding hydrogens is 270 g/mol. The van der Waals surface area contributed by atoms with Crippen molar-refractivity contribution in [1.29, 1.82) is 0 Å². The molecule has 4 nitrogen and oxygen atoms in total. The van der Waals surface area contributed by atoms with Crippen molar-refractivity contribution in [3.8, 4) is 10.6 Å². The van der Waals surface area contributed by atoms with Gasteiger partial charge in [-0.1, -0.05) is 18.2 Å². The van der Waals surface area contributed by atoms with E-state index in [2.05, 4.69) is 9.97 Å². The second-order valence-corrected chi connectivity index (χ2v) is 5.40. The summed E-state index contributed by atoms with van der Waals surface area (Å²) < 4.78 is 7.84. The molecule has 0 radical (unpaired) electrons. The number of aromatic nitrogens is 3. The van der Waals surface area contributed by atoms with Crippen LogP contribution in [0.15, 0.2) is 58.7 Å². The van der Waals surface area contributed by atoms with E-state index in [9.17, 15) is 0 Å². The maximum Gasteiger partial charge on any atom is 0.214 e. The molecule has 3 heterocycles. The van der Waals surface area contributed by atoms with Gasteiger partial charge in [0.05, 0.1) is 28.4 Å². The number of imidazole rings is 1. The molecule has 0 aliphatic rings. The number of hydrogen-bond acceptors (Lipinski definition) is 4. The molecular formula is C15H11N3OS. The number of fused-ring (bicyclic) bond motifs is 1. The third-order valence-electron chi connectivity index (χ3n) is 3.15. The first-order valence-electron chi connectivity index (χ1n) is 6.28. The van der Waals surface area contributed by atoms with E-state index >= 15 is 0 Å². The van der Waals surface area contributed by atoms with Crippen molar-refractivity contribution in [2.24, 2.45) is 0 Å². The van der Waals surface area contributed by atoms with Crippen LogP contribution in [0.4, 0.5) is 0 Å². The number of nitrogens with zero attached hydrogens (tertiary/aromatic N) is 3. The fourth-order valence-electron chi connectivity index (χ4n) is 2.20. The molecule has 0 bridgehead atoms. The standard InChI is InChI=1S/C15H11N3OS/c1-2-5-12-11(4-1)17-10-18(12)9-15-16-8-13(19-15)14-6-3-7-20-14/h1-8,10H,9H2. The van der Waals surface area contributed by atoms with Gasteiger partial charge in [0.25, 0.3) is 0 Å². The molecule has 0 saturated heterocycles. The van der Waals surface area contributed by atoms with Gasteiger partial charge in [0, 0.05) is 0 Å². The third kappa shape index (κ3) is 1.92. The zero-order valence-electron chi connectivity index (χ0n) is 10.6. The van der Waals surface area contributed by atoms with Crippen LogP contribution in [-0.4, -0.2) is 14.5 Å². The van der Waals surface area contributed by atoms with E-state index in [0.717, 1.165) is 21.7 Å². The van der Waals surface area contributed by atoms with Crippen LogP contribution < -0.4 is 0 Å². The number of thiophene rings is 1. The highest BCUT2D eigenvalue weighted by Gasteiger charge is 2.09. The van der Waals surface area contributed by atoms with Gasteiger partial charge >= 0.3 is 0 Å². The summed E-state index contributed by atoms with van der Waals surface area (Å²) in [5.74, 6) is 1.51. The summed E-state index contributed by atoms with van der Waals surface area (Å²) in [5.41, 5.74) is 2.07. The van der Waals surface area contributed by atoms with Gasteiger partial charge in [-0.2, -0.15) is 0 Å². The highest BCUT2D eigenvalue weighted by atomic mass is 32.1. The van der Waals surface area contributed by atoms with Gasteiger partial charge in [-0.25, -0.2) is 9.97 Å². The molecule has 0 unspecified atom stereocenters. The first kappa shape index (κ1) is 11.4. The zero-order valence-corrected chi connectivity index (χ0v) is 11.4. The highest BCUT2D eigenvalue weighted by Crippen LogP contribution is 2.25. The summed E-state index contributed by atoms with van der Waals surface area (Å²) >= 11 is 1.65. The lowest BCUT2D eigenvalue weighted by molar-refractivity contribution is 0.492. The van der Waals surface area contributed by atoms with Gasteiger partial charge in [0.1, 0.15) is 6.54 Å². The van der Waals surface area contributed by atoms with Crippen molar-refractivity contribution >= 4 is 22.4 Å². The van der Waals surface area contributed by atoms with Crippen molar-refractivity contribution in [1.82, 2.24) is 14.5 Å². The van der Waals surface area contributed by atoms with Crippen LogP contribution in [0.5, 0.6) is 0 Å². The summed E-state index contributed by atoms with van der Waals surface area (Å²) in [4.78, 5) is 9.81. The minimum atomic E-state index is 0.589. The Balaban J connectivity index is 1.66. The fourth-order valence-corrected chi connectivity index (χ4v) is 2.87. The summed E-state index contributed by atoms with van der Waals surface area (Å²) in [5, 5.41) is 2.03. The topological polar surface area (TPSA) is 43.9 Å². The summed E-state index contributed by atoms with van der Waals surface area (Å²) in [7, 11) is 0. The SMILES string of the molecule is c1csc(-c2cnc(Cn3cnc4ccccc43)o2)c1. The van der Waals surface area contributed by atoms with E-state index in [1.54, 1.807) is 17.5 Å². The van der Waals surface area contributed by atoms with Gasteiger partial charge < -0.3 is 8.98 Å². The van der Waals surface area contributed by atoms with Crippen molar-refractivity contribution in [3.05, 3.63) is 60.2 Å². The van der Waals surface area contributed by atoms with Crippen LogP contribution in [0, 0.1) is 0 Å². The minimum absolute atomic E-state index is 0.589. The summed E-state index contributed by atoms with van der Waals surface area (Å²) in [6.45, 7) is 0.589. The van der Waals surface area contributed by atoms with Crippen LogP contribution in [0.3, 0.4) is 0 Å². The Kier molecular flexibility index (Phi) is 2.63. The molecule has 0 spiro atoms. The van der Waals surface area contributed by atoms with E-state index in [4.69, 9.17) is 4.42 Å². The number of oxazole rings is 1. The van der Waals surface area contributed by atoms with Gasteiger partial charge in [0.15, 0.2) is 5.76 Å². The molecule has 20 heavy (non-hydrogen) atoms. The Bertz CT molecular complexity index is 845. The van der Waals surface area contributed by atoms with Crippen molar-refractivity contribution in [2.45, 2.75) is 6.54 Å². The monoisotopic (exact) mass is 281 g/mol. The molecule has 98 valence electrons. The van der Waals surface area contributed by atoms with Crippen LogP contribution >= 0.6 is 11.3 Å². The molecule has 0 atom stereocenters. The van der Waals surface area contributed by atoms with E-state index in [0.29, 0.717) is 12.4 Å². The van der Waals surface area contributed by atoms with Crippen molar-refractivity contribution in [3.63, 3.8) is 0 Å². The molecule has 0 N–H and O–H groups in total. The number of hydrogen-bond donors (Lipinski definition) is 0. The number of rotatable bonds is 3. The van der Waals surface area contributed by atoms with Crippen LogP contribution in [-0.2, 0) is 6.54 Å². The fraction of sp³-hybridized carbons (Fsp3) is 0.0667. The smallest absolute Gasteiger partial charge is 0.214 e. The normalized spacial score (nSPS) is 11.2. The van der Waals surface area contributed by atoms with Gasteiger partial charge in [-0.15, -0.1) is 11.3 Å². The number of para-hydroxylation sites is 2. The van der Waals surface area contributed by atoms with Gasteiger partial charge in [-0.3, -0.25) is 0 Å². The maximum atomic E-state index is 5.80. The lowest BCUT2D eigenvalue weighted by Gasteiger charge is -1.99. The molecule has 0 aliphatic heterocycles. The second kappa shape index (κ2) is 4.61. The Hall–Kier alpha value is -2.40. The first-order chi connectivity index (χ1) is 9.90. The van der Waals surface area contributed by atoms with E-state index in [1.165, 1.54) is 0 Å². The van der Waals surface area contributed by atoms with E-state index in [1.807, 2.05) is 52.7 Å².